The molecule has 1 saturated heterocycles. The van der Waals surface area contributed by atoms with E-state index in [4.69, 9.17) is 0 Å². The smallest absolute Gasteiger partial charge is 0.272 e. The van der Waals surface area contributed by atoms with E-state index in [9.17, 15) is 4.79 Å². The Morgan fingerprint density at radius 1 is 1.13 bits per heavy atom. The molecule has 0 unspecified atom stereocenters. The van der Waals surface area contributed by atoms with Gasteiger partial charge < -0.3 is 10.2 Å². The molecule has 0 saturated carbocycles. The molecular formula is C24H25N5O. The third-order valence-electron chi connectivity index (χ3n) is 6.07. The number of piperidine rings is 1. The topological polar surface area (TPSA) is 73.9 Å². The number of amides is 1. The fourth-order valence-corrected chi connectivity index (χ4v) is 4.24. The van der Waals surface area contributed by atoms with Crippen LogP contribution in [0.3, 0.4) is 0 Å². The van der Waals surface area contributed by atoms with Crippen molar-refractivity contribution in [3.8, 4) is 11.1 Å². The minimum absolute atomic E-state index is 0.106. The second kappa shape index (κ2) is 7.88. The molecule has 2 aromatic carbocycles. The highest BCUT2D eigenvalue weighted by Gasteiger charge is 2.22. The summed E-state index contributed by atoms with van der Waals surface area (Å²) in [6.45, 7) is 5.30. The van der Waals surface area contributed by atoms with Crippen LogP contribution in [0.25, 0.3) is 32.9 Å². The number of H-pyrrole nitrogens is 1. The third-order valence-corrected chi connectivity index (χ3v) is 6.07. The summed E-state index contributed by atoms with van der Waals surface area (Å²) in [6, 6.07) is 16.4. The minimum atomic E-state index is -0.106. The first kappa shape index (κ1) is 18.8. The molecule has 5 rings (SSSR count). The highest BCUT2D eigenvalue weighted by molar-refractivity contribution is 6.05. The first-order valence-electron chi connectivity index (χ1n) is 10.6. The number of pyridine rings is 1. The molecular weight excluding hydrogens is 374 g/mol. The molecule has 0 radical (unpaired) electrons. The Labute approximate surface area is 175 Å². The van der Waals surface area contributed by atoms with E-state index < -0.39 is 0 Å². The number of nitrogens with one attached hydrogen (secondary N) is 2. The molecule has 0 aliphatic carbocycles. The van der Waals surface area contributed by atoms with Crippen LogP contribution in [0.2, 0.25) is 0 Å². The van der Waals surface area contributed by atoms with Gasteiger partial charge in [0.15, 0.2) is 5.69 Å². The van der Waals surface area contributed by atoms with Gasteiger partial charge in [-0.2, -0.15) is 5.10 Å². The number of hydrogen-bond acceptors (Lipinski definition) is 4. The molecule has 1 aliphatic heterocycles. The van der Waals surface area contributed by atoms with E-state index in [0.29, 0.717) is 5.69 Å². The standard InChI is InChI=1S/C24H25N5O/c1-2-29-11-9-19(10-12-29)26-24(30)23-20-14-16(7-8-22(20)27-28-23)18-13-17-5-3-4-6-21(17)25-15-18/h3-8,13-15,19H,2,9-12H2,1H3,(H,26,30)(H,27,28). The van der Waals surface area contributed by atoms with Gasteiger partial charge in [-0.1, -0.05) is 31.2 Å². The summed E-state index contributed by atoms with van der Waals surface area (Å²) in [5, 5.41) is 12.4. The molecule has 1 amide bonds. The van der Waals surface area contributed by atoms with Crippen molar-refractivity contribution < 1.29 is 4.79 Å². The van der Waals surface area contributed by atoms with Crippen molar-refractivity contribution >= 4 is 27.7 Å². The number of carbonyl (C=O) groups excluding carboxylic acids is 1. The van der Waals surface area contributed by atoms with Gasteiger partial charge in [-0.3, -0.25) is 14.9 Å². The number of likely N-dealkylation sites (tertiary alicyclic amines) is 1. The average molecular weight is 399 g/mol. The van der Waals surface area contributed by atoms with Gasteiger partial charge >= 0.3 is 0 Å². The average Bonchev–Trinajstić information content (AvgIpc) is 3.22. The van der Waals surface area contributed by atoms with E-state index in [0.717, 1.165) is 65.4 Å². The van der Waals surface area contributed by atoms with E-state index in [-0.39, 0.29) is 11.9 Å². The lowest BCUT2D eigenvalue weighted by Crippen LogP contribution is -2.44. The molecule has 6 heteroatoms. The summed E-state index contributed by atoms with van der Waals surface area (Å²) in [6.07, 6.45) is 3.84. The largest absolute Gasteiger partial charge is 0.348 e. The highest BCUT2D eigenvalue weighted by Crippen LogP contribution is 2.27. The van der Waals surface area contributed by atoms with Crippen molar-refractivity contribution in [3.05, 3.63) is 60.4 Å². The van der Waals surface area contributed by atoms with Crippen LogP contribution in [-0.2, 0) is 0 Å². The number of benzene rings is 2. The number of carbonyl (C=O) groups is 1. The maximum absolute atomic E-state index is 12.9. The van der Waals surface area contributed by atoms with Gasteiger partial charge in [0.1, 0.15) is 0 Å². The lowest BCUT2D eigenvalue weighted by Gasteiger charge is -2.31. The second-order valence-electron chi connectivity index (χ2n) is 7.93. The van der Waals surface area contributed by atoms with Gasteiger partial charge in [0, 0.05) is 41.7 Å². The van der Waals surface area contributed by atoms with Crippen LogP contribution in [0.5, 0.6) is 0 Å². The summed E-state index contributed by atoms with van der Waals surface area (Å²) in [5.41, 5.74) is 4.33. The zero-order valence-corrected chi connectivity index (χ0v) is 17.1. The predicted octanol–water partition coefficient (Wildman–Crippen LogP) is 3.99. The summed E-state index contributed by atoms with van der Waals surface area (Å²) in [7, 11) is 0. The molecule has 30 heavy (non-hydrogen) atoms. The highest BCUT2D eigenvalue weighted by atomic mass is 16.2. The van der Waals surface area contributed by atoms with Crippen LogP contribution in [0.4, 0.5) is 0 Å². The monoisotopic (exact) mass is 399 g/mol. The fourth-order valence-electron chi connectivity index (χ4n) is 4.24. The number of fused-ring (bicyclic) bond motifs is 2. The molecule has 6 nitrogen and oxygen atoms in total. The predicted molar refractivity (Wildman–Crippen MR) is 119 cm³/mol. The van der Waals surface area contributed by atoms with Gasteiger partial charge in [-0.25, -0.2) is 0 Å². The Balaban J connectivity index is 1.42. The fraction of sp³-hybridized carbons (Fsp3) is 0.292. The van der Waals surface area contributed by atoms with Crippen molar-refractivity contribution in [3.63, 3.8) is 0 Å². The number of para-hydroxylation sites is 1. The molecule has 2 N–H and O–H groups in total. The quantitative estimate of drug-likeness (QED) is 0.544. The van der Waals surface area contributed by atoms with Gasteiger partial charge in [0.25, 0.3) is 5.91 Å². The lowest BCUT2D eigenvalue weighted by atomic mass is 10.0. The van der Waals surface area contributed by atoms with Crippen molar-refractivity contribution in [1.29, 1.82) is 0 Å². The van der Waals surface area contributed by atoms with Crippen LogP contribution < -0.4 is 5.32 Å². The van der Waals surface area contributed by atoms with Crippen LogP contribution in [-0.4, -0.2) is 51.7 Å². The number of aromatic nitrogens is 3. The molecule has 0 atom stereocenters. The number of hydrogen-bond donors (Lipinski definition) is 2. The SMILES string of the molecule is CCN1CCC(NC(=O)c2n[nH]c3ccc(-c4cnc5ccccc5c4)cc23)CC1. The van der Waals surface area contributed by atoms with E-state index in [1.54, 1.807) is 0 Å². The van der Waals surface area contributed by atoms with E-state index >= 15 is 0 Å². The zero-order chi connectivity index (χ0) is 20.5. The van der Waals surface area contributed by atoms with Crippen LogP contribution in [0.15, 0.2) is 54.7 Å². The molecule has 3 heterocycles. The van der Waals surface area contributed by atoms with Crippen LogP contribution >= 0.6 is 0 Å². The molecule has 0 bridgehead atoms. The molecule has 4 aromatic rings. The van der Waals surface area contributed by atoms with E-state index in [1.165, 1.54) is 0 Å². The minimum Gasteiger partial charge on any atom is -0.348 e. The second-order valence-corrected chi connectivity index (χ2v) is 7.93. The van der Waals surface area contributed by atoms with E-state index in [1.807, 2.05) is 42.6 Å². The molecule has 152 valence electrons. The van der Waals surface area contributed by atoms with Crippen molar-refractivity contribution in [2.75, 3.05) is 19.6 Å². The van der Waals surface area contributed by atoms with Gasteiger partial charge in [-0.15, -0.1) is 0 Å². The summed E-state index contributed by atoms with van der Waals surface area (Å²) < 4.78 is 0. The molecule has 1 fully saturated rings. The first-order chi connectivity index (χ1) is 14.7. The zero-order valence-electron chi connectivity index (χ0n) is 17.1. The van der Waals surface area contributed by atoms with Gasteiger partial charge in [0.05, 0.1) is 11.0 Å². The molecule has 2 aromatic heterocycles. The summed E-state index contributed by atoms with van der Waals surface area (Å²) >= 11 is 0. The van der Waals surface area contributed by atoms with Crippen LogP contribution in [0.1, 0.15) is 30.3 Å². The number of nitrogens with zero attached hydrogens (tertiary/aromatic N) is 3. The molecule has 1 aliphatic rings. The Bertz CT molecular complexity index is 1210. The van der Waals surface area contributed by atoms with Crippen LogP contribution in [0, 0.1) is 0 Å². The normalized spacial score (nSPS) is 15.6. The summed E-state index contributed by atoms with van der Waals surface area (Å²) in [4.78, 5) is 19.9. The van der Waals surface area contributed by atoms with Gasteiger partial charge in [-0.05, 0) is 49.2 Å². The summed E-state index contributed by atoms with van der Waals surface area (Å²) in [5.74, 6) is -0.106. The van der Waals surface area contributed by atoms with Crippen molar-refractivity contribution in [1.82, 2.24) is 25.4 Å². The maximum Gasteiger partial charge on any atom is 0.272 e. The number of aromatic amines is 1. The van der Waals surface area contributed by atoms with E-state index in [2.05, 4.69) is 44.5 Å². The first-order valence-corrected chi connectivity index (χ1v) is 10.6. The van der Waals surface area contributed by atoms with Crippen molar-refractivity contribution in [2.24, 2.45) is 0 Å². The van der Waals surface area contributed by atoms with Gasteiger partial charge in [0.2, 0.25) is 0 Å². The Hall–Kier alpha value is -3.25. The Morgan fingerprint density at radius 2 is 1.97 bits per heavy atom. The molecule has 0 spiro atoms. The Kier molecular flexibility index (Phi) is 4.93. The third kappa shape index (κ3) is 3.55. The number of rotatable bonds is 4. The Morgan fingerprint density at radius 3 is 2.80 bits per heavy atom. The lowest BCUT2D eigenvalue weighted by molar-refractivity contribution is 0.0909. The van der Waals surface area contributed by atoms with Crippen molar-refractivity contribution in [2.45, 2.75) is 25.8 Å². The maximum atomic E-state index is 12.9.